The highest BCUT2D eigenvalue weighted by molar-refractivity contribution is 5.55. The number of hydrogen-bond acceptors (Lipinski definition) is 2. The van der Waals surface area contributed by atoms with E-state index in [0.717, 1.165) is 6.04 Å². The second kappa shape index (κ2) is 6.24. The molecule has 1 heterocycles. The molecule has 2 nitrogen and oxygen atoms in total. The van der Waals surface area contributed by atoms with Gasteiger partial charge in [0.15, 0.2) is 0 Å². The van der Waals surface area contributed by atoms with Crippen molar-refractivity contribution in [2.24, 2.45) is 5.73 Å². The minimum absolute atomic E-state index is 0.638. The first-order valence-corrected chi connectivity index (χ1v) is 7.32. The molecule has 2 N–H and O–H groups in total. The second-order valence-electron chi connectivity index (χ2n) is 5.46. The summed E-state index contributed by atoms with van der Waals surface area (Å²) in [5, 5.41) is 0. The van der Waals surface area contributed by atoms with Gasteiger partial charge in [-0.2, -0.15) is 0 Å². The van der Waals surface area contributed by atoms with Crippen molar-refractivity contribution in [3.63, 3.8) is 0 Å². The summed E-state index contributed by atoms with van der Waals surface area (Å²) in [7, 11) is 0. The molecule has 1 aromatic carbocycles. The Hall–Kier alpha value is -1.02. The lowest BCUT2D eigenvalue weighted by molar-refractivity contribution is 0.434. The Morgan fingerprint density at radius 1 is 1.33 bits per heavy atom. The van der Waals surface area contributed by atoms with Gasteiger partial charge in [-0.3, -0.25) is 0 Å². The Morgan fingerprint density at radius 3 is 2.83 bits per heavy atom. The van der Waals surface area contributed by atoms with E-state index in [1.54, 1.807) is 0 Å². The third-order valence-corrected chi connectivity index (χ3v) is 4.06. The largest absolute Gasteiger partial charge is 0.368 e. The first kappa shape index (κ1) is 13.4. The molecule has 0 aromatic heterocycles. The molecule has 0 spiro atoms. The van der Waals surface area contributed by atoms with Gasteiger partial charge in [0, 0.05) is 24.8 Å². The summed E-state index contributed by atoms with van der Waals surface area (Å²) in [5.74, 6) is 0. The molecule has 100 valence electrons. The molecule has 1 aliphatic heterocycles. The lowest BCUT2D eigenvalue weighted by Crippen LogP contribution is -2.39. The van der Waals surface area contributed by atoms with Crippen LogP contribution in [0.2, 0.25) is 0 Å². The van der Waals surface area contributed by atoms with Crippen LogP contribution in [0.1, 0.15) is 50.2 Å². The average Bonchev–Trinajstić information content (AvgIpc) is 2.40. The molecular formula is C16H26N2. The fraction of sp³-hybridized carbons (Fsp3) is 0.625. The Balaban J connectivity index is 2.22. The molecule has 1 aliphatic rings. The van der Waals surface area contributed by atoms with Gasteiger partial charge in [-0.05, 0) is 49.8 Å². The molecular weight excluding hydrogens is 220 g/mol. The van der Waals surface area contributed by atoms with Crippen LogP contribution in [-0.2, 0) is 6.54 Å². The maximum Gasteiger partial charge on any atom is 0.0398 e. The van der Waals surface area contributed by atoms with Gasteiger partial charge in [-0.1, -0.05) is 25.5 Å². The molecule has 0 amide bonds. The predicted molar refractivity (Wildman–Crippen MR) is 79.0 cm³/mol. The number of rotatable bonds is 4. The first-order valence-electron chi connectivity index (χ1n) is 7.32. The van der Waals surface area contributed by atoms with E-state index < -0.39 is 0 Å². The molecule has 0 bridgehead atoms. The van der Waals surface area contributed by atoms with Crippen LogP contribution < -0.4 is 10.6 Å². The molecule has 1 fully saturated rings. The molecule has 1 atom stereocenters. The number of anilines is 1. The van der Waals surface area contributed by atoms with Crippen LogP contribution in [0.4, 0.5) is 5.69 Å². The van der Waals surface area contributed by atoms with Gasteiger partial charge in [-0.25, -0.2) is 0 Å². The lowest BCUT2D eigenvalue weighted by Gasteiger charge is -2.38. The van der Waals surface area contributed by atoms with Gasteiger partial charge in [0.05, 0.1) is 0 Å². The lowest BCUT2D eigenvalue weighted by atomic mass is 9.96. The van der Waals surface area contributed by atoms with E-state index in [4.69, 9.17) is 5.73 Å². The van der Waals surface area contributed by atoms with Crippen LogP contribution in [0.25, 0.3) is 0 Å². The van der Waals surface area contributed by atoms with E-state index in [1.807, 2.05) is 0 Å². The highest BCUT2D eigenvalue weighted by Crippen LogP contribution is 2.30. The van der Waals surface area contributed by atoms with Gasteiger partial charge in [0.25, 0.3) is 0 Å². The average molecular weight is 246 g/mol. The zero-order valence-electron chi connectivity index (χ0n) is 11.8. The van der Waals surface area contributed by atoms with Crippen LogP contribution in [0.3, 0.4) is 0 Å². The van der Waals surface area contributed by atoms with E-state index in [9.17, 15) is 0 Å². The summed E-state index contributed by atoms with van der Waals surface area (Å²) in [6.07, 6.45) is 6.67. The Labute approximate surface area is 111 Å². The molecule has 2 heteroatoms. The standard InChI is InChI=1S/C16H26N2/c1-3-6-15-7-4-5-10-18(15)16-9-8-14(12-17)11-13(16)2/h8-9,11,15H,3-7,10,12,17H2,1-2H3. The minimum Gasteiger partial charge on any atom is -0.368 e. The van der Waals surface area contributed by atoms with Gasteiger partial charge in [-0.15, -0.1) is 0 Å². The topological polar surface area (TPSA) is 29.3 Å². The van der Waals surface area contributed by atoms with Gasteiger partial charge >= 0.3 is 0 Å². The summed E-state index contributed by atoms with van der Waals surface area (Å²) < 4.78 is 0. The van der Waals surface area contributed by atoms with Crippen molar-refractivity contribution in [1.29, 1.82) is 0 Å². The monoisotopic (exact) mass is 246 g/mol. The van der Waals surface area contributed by atoms with E-state index in [-0.39, 0.29) is 0 Å². The summed E-state index contributed by atoms with van der Waals surface area (Å²) in [5.41, 5.74) is 9.74. The smallest absolute Gasteiger partial charge is 0.0398 e. The van der Waals surface area contributed by atoms with Crippen molar-refractivity contribution in [3.05, 3.63) is 29.3 Å². The number of nitrogens with two attached hydrogens (primary N) is 1. The van der Waals surface area contributed by atoms with E-state index in [1.165, 1.54) is 55.5 Å². The molecule has 18 heavy (non-hydrogen) atoms. The van der Waals surface area contributed by atoms with Crippen molar-refractivity contribution in [2.75, 3.05) is 11.4 Å². The second-order valence-corrected chi connectivity index (χ2v) is 5.46. The summed E-state index contributed by atoms with van der Waals surface area (Å²) in [6, 6.07) is 7.43. The fourth-order valence-electron chi connectivity index (χ4n) is 3.12. The van der Waals surface area contributed by atoms with Gasteiger partial charge < -0.3 is 10.6 Å². The predicted octanol–water partition coefficient (Wildman–Crippen LogP) is 3.61. The number of benzene rings is 1. The van der Waals surface area contributed by atoms with Crippen LogP contribution in [0, 0.1) is 6.92 Å². The molecule has 0 saturated carbocycles. The highest BCUT2D eigenvalue weighted by Gasteiger charge is 2.22. The Kier molecular flexibility index (Phi) is 4.65. The third kappa shape index (κ3) is 2.86. The fourth-order valence-corrected chi connectivity index (χ4v) is 3.12. The van der Waals surface area contributed by atoms with Crippen LogP contribution >= 0.6 is 0 Å². The normalized spacial score (nSPS) is 20.2. The summed E-state index contributed by atoms with van der Waals surface area (Å²) in [6.45, 7) is 6.36. The Morgan fingerprint density at radius 2 is 2.17 bits per heavy atom. The van der Waals surface area contributed by atoms with Crippen LogP contribution in [0.15, 0.2) is 18.2 Å². The van der Waals surface area contributed by atoms with Crippen LogP contribution in [0.5, 0.6) is 0 Å². The van der Waals surface area contributed by atoms with E-state index in [0.29, 0.717) is 6.54 Å². The zero-order valence-corrected chi connectivity index (χ0v) is 11.8. The molecule has 0 aliphatic carbocycles. The zero-order chi connectivity index (χ0) is 13.0. The Bertz CT molecular complexity index is 385. The molecule has 2 rings (SSSR count). The van der Waals surface area contributed by atoms with Crippen molar-refractivity contribution in [1.82, 2.24) is 0 Å². The third-order valence-electron chi connectivity index (χ3n) is 4.06. The maximum absolute atomic E-state index is 5.71. The number of nitrogens with zero attached hydrogens (tertiary/aromatic N) is 1. The van der Waals surface area contributed by atoms with Crippen molar-refractivity contribution < 1.29 is 0 Å². The first-order chi connectivity index (χ1) is 8.76. The maximum atomic E-state index is 5.71. The van der Waals surface area contributed by atoms with Crippen molar-refractivity contribution >= 4 is 5.69 Å². The summed E-state index contributed by atoms with van der Waals surface area (Å²) in [4.78, 5) is 2.63. The molecule has 1 unspecified atom stereocenters. The molecule has 0 radical (unpaired) electrons. The minimum atomic E-state index is 0.638. The number of hydrogen-bond donors (Lipinski definition) is 1. The van der Waals surface area contributed by atoms with E-state index in [2.05, 4.69) is 36.9 Å². The van der Waals surface area contributed by atoms with Gasteiger partial charge in [0.1, 0.15) is 0 Å². The van der Waals surface area contributed by atoms with Crippen molar-refractivity contribution in [2.45, 2.75) is 58.5 Å². The quantitative estimate of drug-likeness (QED) is 0.879. The number of aryl methyl sites for hydroxylation is 1. The molecule has 1 aromatic rings. The molecule has 1 saturated heterocycles. The summed E-state index contributed by atoms with van der Waals surface area (Å²) >= 11 is 0. The number of piperidine rings is 1. The van der Waals surface area contributed by atoms with Gasteiger partial charge in [0.2, 0.25) is 0 Å². The highest BCUT2D eigenvalue weighted by atomic mass is 15.2. The van der Waals surface area contributed by atoms with Crippen LogP contribution in [-0.4, -0.2) is 12.6 Å². The van der Waals surface area contributed by atoms with Crippen molar-refractivity contribution in [3.8, 4) is 0 Å². The van der Waals surface area contributed by atoms with E-state index >= 15 is 0 Å². The SMILES string of the molecule is CCCC1CCCCN1c1ccc(CN)cc1C.